The van der Waals surface area contributed by atoms with Crippen LogP contribution in [0, 0.1) is 17.2 Å². The van der Waals surface area contributed by atoms with E-state index >= 15 is 0 Å². The molecule has 0 spiro atoms. The van der Waals surface area contributed by atoms with E-state index in [1.54, 1.807) is 11.3 Å². The molecule has 1 fully saturated rings. The normalized spacial score (nSPS) is 17.3. The molecule has 5 heteroatoms. The second-order valence-electron chi connectivity index (χ2n) is 4.54. The van der Waals surface area contributed by atoms with E-state index in [1.807, 2.05) is 17.5 Å². The summed E-state index contributed by atoms with van der Waals surface area (Å²) in [5.74, 6) is 0.245. The van der Waals surface area contributed by atoms with Gasteiger partial charge in [0.2, 0.25) is 5.91 Å². The number of nitrogens with one attached hydrogen (secondary N) is 1. The lowest BCUT2D eigenvalue weighted by atomic mass is 9.99. The van der Waals surface area contributed by atoms with Crippen LogP contribution in [0.4, 0.5) is 0 Å². The second-order valence-corrected chi connectivity index (χ2v) is 5.57. The third-order valence-corrected chi connectivity index (χ3v) is 4.05. The monoisotopic (exact) mass is 263 g/mol. The zero-order chi connectivity index (χ0) is 12.8. The summed E-state index contributed by atoms with van der Waals surface area (Å²) in [7, 11) is 0. The quantitative estimate of drug-likeness (QED) is 0.897. The second kappa shape index (κ2) is 6.53. The van der Waals surface area contributed by atoms with Gasteiger partial charge in [-0.25, -0.2) is 0 Å². The van der Waals surface area contributed by atoms with Gasteiger partial charge in [0.1, 0.15) is 0 Å². The number of amides is 1. The number of carbonyl (C=O) groups excluding carboxylic acids is 1. The van der Waals surface area contributed by atoms with Gasteiger partial charge in [-0.2, -0.15) is 5.26 Å². The molecule has 1 amide bonds. The van der Waals surface area contributed by atoms with Gasteiger partial charge in [-0.05, 0) is 37.4 Å². The van der Waals surface area contributed by atoms with Crippen molar-refractivity contribution < 1.29 is 4.79 Å². The highest BCUT2D eigenvalue weighted by molar-refractivity contribution is 7.09. The highest BCUT2D eigenvalue weighted by atomic mass is 32.1. The number of carbonyl (C=O) groups is 1. The van der Waals surface area contributed by atoms with Crippen LogP contribution in [0.2, 0.25) is 0 Å². The number of likely N-dealkylation sites (tertiary alicyclic amines) is 1. The first kappa shape index (κ1) is 13.1. The van der Waals surface area contributed by atoms with Crippen molar-refractivity contribution >= 4 is 17.2 Å². The molecule has 1 aromatic heterocycles. The molecule has 18 heavy (non-hydrogen) atoms. The summed E-state index contributed by atoms with van der Waals surface area (Å²) >= 11 is 1.65. The zero-order valence-corrected chi connectivity index (χ0v) is 11.1. The molecule has 1 aliphatic rings. The zero-order valence-electron chi connectivity index (χ0n) is 10.3. The minimum absolute atomic E-state index is 0.0683. The van der Waals surface area contributed by atoms with Crippen LogP contribution >= 0.6 is 11.3 Å². The summed E-state index contributed by atoms with van der Waals surface area (Å²) in [4.78, 5) is 15.0. The molecule has 0 atom stereocenters. The Labute approximate surface area is 111 Å². The predicted molar refractivity (Wildman–Crippen MR) is 70.9 cm³/mol. The van der Waals surface area contributed by atoms with E-state index in [4.69, 9.17) is 5.26 Å². The molecule has 0 aromatic carbocycles. The van der Waals surface area contributed by atoms with Gasteiger partial charge in [0, 0.05) is 10.8 Å². The van der Waals surface area contributed by atoms with Crippen LogP contribution in [0.1, 0.15) is 17.7 Å². The van der Waals surface area contributed by atoms with Crippen LogP contribution in [0.25, 0.3) is 0 Å². The van der Waals surface area contributed by atoms with Crippen molar-refractivity contribution in [1.29, 1.82) is 5.26 Å². The fourth-order valence-electron chi connectivity index (χ4n) is 2.08. The first-order chi connectivity index (χ1) is 8.78. The Hall–Kier alpha value is -1.38. The van der Waals surface area contributed by atoms with Crippen LogP contribution in [-0.2, 0) is 11.3 Å². The summed E-state index contributed by atoms with van der Waals surface area (Å²) in [5.41, 5.74) is 0. The standard InChI is InChI=1S/C13H17N3OS/c14-8-11-3-5-16(6-4-11)10-13(17)15-9-12-2-1-7-18-12/h1-2,7,11H,3-6,9-10H2,(H,15,17). The molecule has 1 saturated heterocycles. The number of piperidine rings is 1. The van der Waals surface area contributed by atoms with Gasteiger partial charge in [-0.1, -0.05) is 6.07 Å². The number of nitrogens with zero attached hydrogens (tertiary/aromatic N) is 2. The number of rotatable bonds is 4. The van der Waals surface area contributed by atoms with Gasteiger partial charge in [-0.3, -0.25) is 9.69 Å². The maximum atomic E-state index is 11.7. The van der Waals surface area contributed by atoms with Crippen molar-refractivity contribution in [2.24, 2.45) is 5.92 Å². The van der Waals surface area contributed by atoms with Crippen molar-refractivity contribution in [3.8, 4) is 6.07 Å². The molecule has 1 aliphatic heterocycles. The Balaban J connectivity index is 1.67. The Morgan fingerprint density at radius 3 is 2.94 bits per heavy atom. The molecule has 0 aliphatic carbocycles. The summed E-state index contributed by atoms with van der Waals surface area (Å²) < 4.78 is 0. The maximum absolute atomic E-state index is 11.7. The average molecular weight is 263 g/mol. The Morgan fingerprint density at radius 1 is 1.56 bits per heavy atom. The van der Waals surface area contributed by atoms with Gasteiger partial charge in [0.15, 0.2) is 0 Å². The topological polar surface area (TPSA) is 56.1 Å². The highest BCUT2D eigenvalue weighted by Crippen LogP contribution is 2.15. The molecular weight excluding hydrogens is 246 g/mol. The predicted octanol–water partition coefficient (Wildman–Crippen LogP) is 1.60. The van der Waals surface area contributed by atoms with Gasteiger partial charge < -0.3 is 5.32 Å². The molecule has 1 aromatic rings. The van der Waals surface area contributed by atoms with Crippen LogP contribution in [0.5, 0.6) is 0 Å². The summed E-state index contributed by atoms with van der Waals surface area (Å²) in [6, 6.07) is 6.30. The minimum atomic E-state index is 0.0683. The smallest absolute Gasteiger partial charge is 0.234 e. The minimum Gasteiger partial charge on any atom is -0.350 e. The average Bonchev–Trinajstić information content (AvgIpc) is 2.90. The Morgan fingerprint density at radius 2 is 2.33 bits per heavy atom. The van der Waals surface area contributed by atoms with Crippen LogP contribution in [0.15, 0.2) is 17.5 Å². The van der Waals surface area contributed by atoms with Gasteiger partial charge in [0.05, 0.1) is 19.2 Å². The number of hydrogen-bond acceptors (Lipinski definition) is 4. The van der Waals surface area contributed by atoms with Crippen LogP contribution in [0.3, 0.4) is 0 Å². The highest BCUT2D eigenvalue weighted by Gasteiger charge is 2.20. The van der Waals surface area contributed by atoms with Crippen molar-refractivity contribution in [1.82, 2.24) is 10.2 Å². The lowest BCUT2D eigenvalue weighted by Crippen LogP contribution is -2.41. The summed E-state index contributed by atoms with van der Waals surface area (Å²) in [5, 5.41) is 13.7. The van der Waals surface area contributed by atoms with E-state index in [2.05, 4.69) is 16.3 Å². The summed E-state index contributed by atoms with van der Waals surface area (Å²) in [6.45, 7) is 2.77. The van der Waals surface area contributed by atoms with E-state index in [0.29, 0.717) is 13.1 Å². The number of hydrogen-bond donors (Lipinski definition) is 1. The van der Waals surface area contributed by atoms with Crippen molar-refractivity contribution in [2.45, 2.75) is 19.4 Å². The molecule has 1 N–H and O–H groups in total. The van der Waals surface area contributed by atoms with Crippen molar-refractivity contribution in [3.05, 3.63) is 22.4 Å². The van der Waals surface area contributed by atoms with E-state index in [1.165, 1.54) is 4.88 Å². The Bertz CT molecular complexity index is 416. The first-order valence-electron chi connectivity index (χ1n) is 6.19. The molecule has 0 unspecified atom stereocenters. The van der Waals surface area contributed by atoms with Crippen molar-refractivity contribution in [3.63, 3.8) is 0 Å². The van der Waals surface area contributed by atoms with E-state index < -0.39 is 0 Å². The van der Waals surface area contributed by atoms with E-state index in [0.717, 1.165) is 25.9 Å². The van der Waals surface area contributed by atoms with Gasteiger partial charge in [-0.15, -0.1) is 11.3 Å². The SMILES string of the molecule is N#CC1CCN(CC(=O)NCc2cccs2)CC1. The maximum Gasteiger partial charge on any atom is 0.234 e. The van der Waals surface area contributed by atoms with Crippen LogP contribution in [-0.4, -0.2) is 30.4 Å². The first-order valence-corrected chi connectivity index (χ1v) is 7.07. The lowest BCUT2D eigenvalue weighted by molar-refractivity contribution is -0.122. The molecule has 96 valence electrons. The largest absolute Gasteiger partial charge is 0.350 e. The molecule has 2 heterocycles. The fourth-order valence-corrected chi connectivity index (χ4v) is 2.72. The van der Waals surface area contributed by atoms with Crippen molar-refractivity contribution in [2.75, 3.05) is 19.6 Å². The third-order valence-electron chi connectivity index (χ3n) is 3.18. The number of thiophene rings is 1. The Kier molecular flexibility index (Phi) is 4.73. The van der Waals surface area contributed by atoms with Crippen LogP contribution < -0.4 is 5.32 Å². The molecular formula is C13H17N3OS. The van der Waals surface area contributed by atoms with E-state index in [9.17, 15) is 4.79 Å². The van der Waals surface area contributed by atoms with Gasteiger partial charge >= 0.3 is 0 Å². The third kappa shape index (κ3) is 3.83. The molecule has 0 saturated carbocycles. The lowest BCUT2D eigenvalue weighted by Gasteiger charge is -2.28. The summed E-state index contributed by atoms with van der Waals surface area (Å²) in [6.07, 6.45) is 1.77. The fraction of sp³-hybridized carbons (Fsp3) is 0.538. The van der Waals surface area contributed by atoms with E-state index in [-0.39, 0.29) is 11.8 Å². The molecule has 0 radical (unpaired) electrons. The number of nitriles is 1. The molecule has 4 nitrogen and oxygen atoms in total. The van der Waals surface area contributed by atoms with Gasteiger partial charge in [0.25, 0.3) is 0 Å². The molecule has 2 rings (SSSR count). The molecule has 0 bridgehead atoms.